The third-order valence-corrected chi connectivity index (χ3v) is 2.62. The number of hydrogen-bond donors (Lipinski definition) is 2. The summed E-state index contributed by atoms with van der Waals surface area (Å²) in [5.74, 6) is -1.74. The molecule has 1 rings (SSSR count). The monoisotopic (exact) mass is 240 g/mol. The van der Waals surface area contributed by atoms with Gasteiger partial charge in [0.1, 0.15) is 6.04 Å². The predicted octanol–water partition coefficient (Wildman–Crippen LogP) is 1.21. The minimum atomic E-state index is -1.05. The summed E-state index contributed by atoms with van der Waals surface area (Å²) in [6, 6.07) is 0.545. The van der Waals surface area contributed by atoms with Gasteiger partial charge in [-0.2, -0.15) is 0 Å². The Bertz CT molecular complexity index is 413. The largest absolute Gasteiger partial charge is 0.480 e. The molecule has 0 aliphatic carbocycles. The minimum absolute atomic E-state index is 0.0250. The van der Waals surface area contributed by atoms with Gasteiger partial charge in [0.2, 0.25) is 5.76 Å². The van der Waals surface area contributed by atoms with Gasteiger partial charge in [-0.25, -0.2) is 4.79 Å². The van der Waals surface area contributed by atoms with Gasteiger partial charge in [0.15, 0.2) is 0 Å². The first-order valence-electron chi connectivity index (χ1n) is 5.42. The molecule has 0 saturated heterocycles. The van der Waals surface area contributed by atoms with E-state index in [9.17, 15) is 9.59 Å². The van der Waals surface area contributed by atoms with Crippen LogP contribution < -0.4 is 5.32 Å². The minimum Gasteiger partial charge on any atom is -0.480 e. The van der Waals surface area contributed by atoms with Crippen LogP contribution in [0.1, 0.15) is 36.5 Å². The molecule has 1 amide bonds. The van der Waals surface area contributed by atoms with Gasteiger partial charge in [0.05, 0.1) is 5.69 Å². The Morgan fingerprint density at radius 1 is 1.59 bits per heavy atom. The van der Waals surface area contributed by atoms with Crippen molar-refractivity contribution in [2.45, 2.75) is 33.2 Å². The summed E-state index contributed by atoms with van der Waals surface area (Å²) < 4.78 is 4.77. The molecule has 0 aromatic carbocycles. The number of nitrogens with zero attached hydrogens (tertiary/aromatic N) is 1. The molecule has 1 aromatic rings. The zero-order valence-corrected chi connectivity index (χ0v) is 10.1. The van der Waals surface area contributed by atoms with E-state index in [4.69, 9.17) is 9.63 Å². The molecule has 2 N–H and O–H groups in total. The second-order valence-electron chi connectivity index (χ2n) is 4.01. The van der Waals surface area contributed by atoms with Gasteiger partial charge in [-0.15, -0.1) is 0 Å². The molecule has 94 valence electrons. The first-order valence-corrected chi connectivity index (χ1v) is 5.42. The molecule has 6 heteroatoms. The van der Waals surface area contributed by atoms with Crippen molar-refractivity contribution in [3.05, 3.63) is 17.5 Å². The summed E-state index contributed by atoms with van der Waals surface area (Å²) in [6.45, 7) is 5.32. The predicted molar refractivity (Wildman–Crippen MR) is 59.6 cm³/mol. The lowest BCUT2D eigenvalue weighted by Crippen LogP contribution is -2.44. The fourth-order valence-corrected chi connectivity index (χ4v) is 1.37. The van der Waals surface area contributed by atoms with E-state index >= 15 is 0 Å². The molecule has 17 heavy (non-hydrogen) atoms. The highest BCUT2D eigenvalue weighted by Gasteiger charge is 2.26. The second-order valence-corrected chi connectivity index (χ2v) is 4.01. The van der Waals surface area contributed by atoms with E-state index in [2.05, 4.69) is 10.5 Å². The lowest BCUT2D eigenvalue weighted by molar-refractivity contribution is -0.140. The highest BCUT2D eigenvalue weighted by atomic mass is 16.5. The van der Waals surface area contributed by atoms with Crippen molar-refractivity contribution in [2.24, 2.45) is 5.92 Å². The van der Waals surface area contributed by atoms with Gasteiger partial charge in [-0.1, -0.05) is 25.4 Å². The van der Waals surface area contributed by atoms with Crippen molar-refractivity contribution in [3.8, 4) is 0 Å². The third-order valence-electron chi connectivity index (χ3n) is 2.62. The lowest BCUT2D eigenvalue weighted by Gasteiger charge is -2.19. The maximum absolute atomic E-state index is 11.7. The van der Waals surface area contributed by atoms with Crippen molar-refractivity contribution in [3.63, 3.8) is 0 Å². The number of rotatable bonds is 5. The van der Waals surface area contributed by atoms with Crippen LogP contribution in [0.3, 0.4) is 0 Å². The Morgan fingerprint density at radius 2 is 2.24 bits per heavy atom. The zero-order chi connectivity index (χ0) is 13.0. The van der Waals surface area contributed by atoms with Crippen LogP contribution in [-0.4, -0.2) is 28.2 Å². The van der Waals surface area contributed by atoms with Gasteiger partial charge in [-0.05, 0) is 12.8 Å². The maximum atomic E-state index is 11.7. The number of carbonyl (C=O) groups is 2. The Kier molecular flexibility index (Phi) is 4.25. The Morgan fingerprint density at radius 3 is 2.65 bits per heavy atom. The van der Waals surface area contributed by atoms with Crippen LogP contribution in [-0.2, 0) is 4.79 Å². The molecule has 0 unspecified atom stereocenters. The smallest absolute Gasteiger partial charge is 0.326 e. The van der Waals surface area contributed by atoms with E-state index < -0.39 is 17.9 Å². The fraction of sp³-hybridized carbons (Fsp3) is 0.545. The average molecular weight is 240 g/mol. The van der Waals surface area contributed by atoms with Crippen LogP contribution in [0.4, 0.5) is 0 Å². The molecule has 0 radical (unpaired) electrons. The Hall–Kier alpha value is -1.85. The molecule has 1 aromatic heterocycles. The Balaban J connectivity index is 2.74. The standard InChI is InChI=1S/C11H16N2O4/c1-4-6(2)9(11(15)16)12-10(14)8-5-7(3)13-17-8/h5-6,9H,4H2,1-3H3,(H,12,14)(H,15,16)/t6-,9-/m0/s1. The molecular formula is C11H16N2O4. The van der Waals surface area contributed by atoms with Gasteiger partial charge in [0, 0.05) is 6.07 Å². The molecule has 6 nitrogen and oxygen atoms in total. The number of carboxylic acid groups (broad SMARTS) is 1. The molecule has 0 bridgehead atoms. The number of aromatic nitrogens is 1. The van der Waals surface area contributed by atoms with E-state index in [-0.39, 0.29) is 11.7 Å². The summed E-state index contributed by atoms with van der Waals surface area (Å²) in [7, 11) is 0. The van der Waals surface area contributed by atoms with Crippen LogP contribution in [0.25, 0.3) is 0 Å². The number of aryl methyl sites for hydroxylation is 1. The molecule has 0 spiro atoms. The van der Waals surface area contributed by atoms with Gasteiger partial charge in [0.25, 0.3) is 5.91 Å². The summed E-state index contributed by atoms with van der Waals surface area (Å²) in [6.07, 6.45) is 0.659. The van der Waals surface area contributed by atoms with Crippen LogP contribution in [0.5, 0.6) is 0 Å². The molecule has 0 saturated carbocycles. The highest BCUT2D eigenvalue weighted by Crippen LogP contribution is 2.10. The second kappa shape index (κ2) is 5.47. The van der Waals surface area contributed by atoms with Crippen molar-refractivity contribution >= 4 is 11.9 Å². The van der Waals surface area contributed by atoms with Gasteiger partial charge in [-0.3, -0.25) is 4.79 Å². The first kappa shape index (κ1) is 13.2. The van der Waals surface area contributed by atoms with E-state index in [1.165, 1.54) is 6.07 Å². The molecular weight excluding hydrogens is 224 g/mol. The normalized spacial score (nSPS) is 14.1. The van der Waals surface area contributed by atoms with E-state index in [0.717, 1.165) is 0 Å². The summed E-state index contributed by atoms with van der Waals surface area (Å²) in [4.78, 5) is 22.7. The van der Waals surface area contributed by atoms with Crippen molar-refractivity contribution in [1.29, 1.82) is 0 Å². The highest BCUT2D eigenvalue weighted by molar-refractivity contribution is 5.94. The van der Waals surface area contributed by atoms with Crippen molar-refractivity contribution in [2.75, 3.05) is 0 Å². The molecule has 1 heterocycles. The average Bonchev–Trinajstić information content (AvgIpc) is 2.71. The first-order chi connectivity index (χ1) is 7.95. The molecule has 0 aliphatic heterocycles. The van der Waals surface area contributed by atoms with Crippen LogP contribution in [0.15, 0.2) is 10.6 Å². The van der Waals surface area contributed by atoms with Crippen LogP contribution in [0, 0.1) is 12.8 Å². The number of carbonyl (C=O) groups excluding carboxylic acids is 1. The zero-order valence-electron chi connectivity index (χ0n) is 10.1. The molecule has 0 aliphatic rings. The lowest BCUT2D eigenvalue weighted by atomic mass is 9.99. The van der Waals surface area contributed by atoms with E-state index in [1.54, 1.807) is 13.8 Å². The molecule has 2 atom stereocenters. The number of amides is 1. The summed E-state index contributed by atoms with van der Waals surface area (Å²) in [5, 5.41) is 15.0. The molecule has 0 fully saturated rings. The number of nitrogens with one attached hydrogen (secondary N) is 1. The van der Waals surface area contributed by atoms with Crippen LogP contribution in [0.2, 0.25) is 0 Å². The number of hydrogen-bond acceptors (Lipinski definition) is 4. The summed E-state index contributed by atoms with van der Waals surface area (Å²) in [5.41, 5.74) is 0.575. The van der Waals surface area contributed by atoms with Crippen molar-refractivity contribution in [1.82, 2.24) is 10.5 Å². The van der Waals surface area contributed by atoms with E-state index in [0.29, 0.717) is 12.1 Å². The van der Waals surface area contributed by atoms with Gasteiger partial charge >= 0.3 is 5.97 Å². The number of carboxylic acids is 1. The van der Waals surface area contributed by atoms with E-state index in [1.807, 2.05) is 6.92 Å². The summed E-state index contributed by atoms with van der Waals surface area (Å²) >= 11 is 0. The quantitative estimate of drug-likeness (QED) is 0.807. The number of aliphatic carboxylic acids is 1. The maximum Gasteiger partial charge on any atom is 0.326 e. The Labute approximate surface area is 99.0 Å². The third kappa shape index (κ3) is 3.30. The topological polar surface area (TPSA) is 92.4 Å². The van der Waals surface area contributed by atoms with Gasteiger partial charge < -0.3 is 14.9 Å². The van der Waals surface area contributed by atoms with Crippen LogP contribution >= 0.6 is 0 Å². The fourth-order valence-electron chi connectivity index (χ4n) is 1.37. The van der Waals surface area contributed by atoms with Crippen molar-refractivity contribution < 1.29 is 19.2 Å². The SMILES string of the molecule is CC[C@H](C)[C@H](NC(=O)c1cc(C)no1)C(=O)O.